The number of hydrogen-bond donors (Lipinski definition) is 2. The Labute approximate surface area is 173 Å². The zero-order chi connectivity index (χ0) is 20.9. The maximum Gasteiger partial charge on any atom is 0.407 e. The number of carbonyl (C=O) groups excluding carboxylic acids is 2. The highest BCUT2D eigenvalue weighted by molar-refractivity contribution is 5.76. The van der Waals surface area contributed by atoms with E-state index in [1.807, 2.05) is 25.7 Å². The summed E-state index contributed by atoms with van der Waals surface area (Å²) in [6, 6.07) is 6.51. The fourth-order valence-corrected chi connectivity index (χ4v) is 3.79. The second-order valence-corrected chi connectivity index (χ2v) is 8.88. The Morgan fingerprint density at radius 2 is 2.00 bits per heavy atom. The molecule has 3 rings (SSSR count). The van der Waals surface area contributed by atoms with Gasteiger partial charge < -0.3 is 24.6 Å². The van der Waals surface area contributed by atoms with Gasteiger partial charge in [0.1, 0.15) is 17.9 Å². The molecule has 0 saturated carbocycles. The lowest BCUT2D eigenvalue weighted by molar-refractivity contribution is -0.917. The van der Waals surface area contributed by atoms with E-state index in [1.54, 1.807) is 0 Å². The number of piperazine rings is 1. The van der Waals surface area contributed by atoms with E-state index < -0.39 is 11.7 Å². The summed E-state index contributed by atoms with van der Waals surface area (Å²) >= 11 is 0. The van der Waals surface area contributed by atoms with Crippen LogP contribution in [-0.2, 0) is 22.5 Å². The van der Waals surface area contributed by atoms with Gasteiger partial charge in [-0.3, -0.25) is 4.79 Å². The average molecular weight is 405 g/mol. The summed E-state index contributed by atoms with van der Waals surface area (Å²) in [4.78, 5) is 27.5. The number of fused-ring (bicyclic) bond motifs is 1. The fourth-order valence-electron chi connectivity index (χ4n) is 3.79. The predicted octanol–water partition coefficient (Wildman–Crippen LogP) is 1.15. The number of alkyl carbamates (subject to hydrolysis) is 1. The molecule has 7 heteroatoms. The van der Waals surface area contributed by atoms with E-state index >= 15 is 0 Å². The lowest BCUT2D eigenvalue weighted by atomic mass is 10.1. The van der Waals surface area contributed by atoms with Crippen molar-refractivity contribution in [3.05, 3.63) is 29.3 Å². The predicted molar refractivity (Wildman–Crippen MR) is 110 cm³/mol. The van der Waals surface area contributed by atoms with Gasteiger partial charge in [-0.05, 0) is 51.0 Å². The van der Waals surface area contributed by atoms with Gasteiger partial charge in [-0.25, -0.2) is 4.79 Å². The summed E-state index contributed by atoms with van der Waals surface area (Å²) in [5, 5.41) is 2.70. The van der Waals surface area contributed by atoms with Gasteiger partial charge in [0.25, 0.3) is 0 Å². The first-order valence-corrected chi connectivity index (χ1v) is 10.6. The first-order valence-electron chi connectivity index (χ1n) is 10.6. The second kappa shape index (κ2) is 9.48. The minimum absolute atomic E-state index is 0.171. The Hall–Kier alpha value is -2.28. The van der Waals surface area contributed by atoms with Crippen molar-refractivity contribution < 1.29 is 24.0 Å². The van der Waals surface area contributed by atoms with Crippen molar-refractivity contribution in [1.82, 2.24) is 10.2 Å². The largest absolute Gasteiger partial charge is 0.493 e. The third kappa shape index (κ3) is 6.63. The van der Waals surface area contributed by atoms with Gasteiger partial charge >= 0.3 is 6.09 Å². The van der Waals surface area contributed by atoms with Crippen LogP contribution in [0.25, 0.3) is 0 Å². The number of nitrogens with zero attached hydrogens (tertiary/aromatic N) is 1. The molecule has 0 bridgehead atoms. The van der Waals surface area contributed by atoms with Crippen LogP contribution in [0.2, 0.25) is 0 Å². The molecule has 1 saturated heterocycles. The molecule has 2 aliphatic rings. The summed E-state index contributed by atoms with van der Waals surface area (Å²) in [5.41, 5.74) is 2.16. The van der Waals surface area contributed by atoms with Gasteiger partial charge in [0.15, 0.2) is 0 Å². The normalized spacial score (nSPS) is 16.9. The van der Waals surface area contributed by atoms with Gasteiger partial charge in [-0.2, -0.15) is 0 Å². The lowest BCUT2D eigenvalue weighted by Gasteiger charge is -2.32. The maximum atomic E-state index is 12.4. The number of quaternary nitrogens is 1. The molecule has 2 N–H and O–H groups in total. The second-order valence-electron chi connectivity index (χ2n) is 8.88. The molecule has 2 amide bonds. The Bertz CT molecular complexity index is 721. The van der Waals surface area contributed by atoms with Gasteiger partial charge in [-0.15, -0.1) is 0 Å². The summed E-state index contributed by atoms with van der Waals surface area (Å²) in [5.74, 6) is 1.20. The highest BCUT2D eigenvalue weighted by Gasteiger charge is 2.24. The monoisotopic (exact) mass is 404 g/mol. The maximum absolute atomic E-state index is 12.4. The van der Waals surface area contributed by atoms with Gasteiger partial charge in [0.2, 0.25) is 5.91 Å². The van der Waals surface area contributed by atoms with Crippen molar-refractivity contribution in [2.24, 2.45) is 0 Å². The molecule has 1 aromatic rings. The van der Waals surface area contributed by atoms with Crippen LogP contribution in [0.5, 0.6) is 5.75 Å². The molecule has 0 aromatic heterocycles. The zero-order valence-electron chi connectivity index (χ0n) is 17.9. The quantitative estimate of drug-likeness (QED) is 0.698. The minimum Gasteiger partial charge on any atom is -0.493 e. The van der Waals surface area contributed by atoms with Crippen molar-refractivity contribution in [3.8, 4) is 5.75 Å². The van der Waals surface area contributed by atoms with Crippen LogP contribution in [0.3, 0.4) is 0 Å². The molecule has 0 spiro atoms. The van der Waals surface area contributed by atoms with Crippen molar-refractivity contribution >= 4 is 12.0 Å². The topological polar surface area (TPSA) is 72.3 Å². The molecule has 0 radical (unpaired) electrons. The Kier molecular flexibility index (Phi) is 7.00. The van der Waals surface area contributed by atoms with Gasteiger partial charge in [-0.1, -0.05) is 0 Å². The number of carbonyl (C=O) groups is 2. The van der Waals surface area contributed by atoms with E-state index in [0.29, 0.717) is 19.4 Å². The smallest absolute Gasteiger partial charge is 0.407 e. The van der Waals surface area contributed by atoms with Crippen LogP contribution in [0.1, 0.15) is 44.7 Å². The third-order valence-corrected chi connectivity index (χ3v) is 5.27. The zero-order valence-corrected chi connectivity index (χ0v) is 17.9. The SMILES string of the molecule is CC(C)(C)OC(=O)NCCCC(=O)N1CC[NH+](Cc2ccc3c(c2)CCO3)CC1. The first-order chi connectivity index (χ1) is 13.8. The van der Waals surface area contributed by atoms with Crippen molar-refractivity contribution in [2.45, 2.75) is 52.2 Å². The van der Waals surface area contributed by atoms with Crippen LogP contribution < -0.4 is 15.0 Å². The van der Waals surface area contributed by atoms with E-state index in [4.69, 9.17) is 9.47 Å². The molecule has 0 unspecified atom stereocenters. The Morgan fingerprint density at radius 3 is 2.72 bits per heavy atom. The van der Waals surface area contributed by atoms with E-state index in [1.165, 1.54) is 16.0 Å². The molecule has 1 fully saturated rings. The van der Waals surface area contributed by atoms with Crippen LogP contribution in [0, 0.1) is 0 Å². The number of nitrogens with one attached hydrogen (secondary N) is 2. The van der Waals surface area contributed by atoms with E-state index in [0.717, 1.165) is 51.5 Å². The van der Waals surface area contributed by atoms with E-state index in [9.17, 15) is 9.59 Å². The molecule has 29 heavy (non-hydrogen) atoms. The fraction of sp³-hybridized carbons (Fsp3) is 0.636. The lowest BCUT2D eigenvalue weighted by Crippen LogP contribution is -3.13. The van der Waals surface area contributed by atoms with Crippen molar-refractivity contribution in [3.63, 3.8) is 0 Å². The van der Waals surface area contributed by atoms with Crippen LogP contribution in [0.15, 0.2) is 18.2 Å². The number of benzene rings is 1. The standard InChI is InChI=1S/C22H33N3O4/c1-22(2,3)29-21(27)23-9-4-5-20(26)25-12-10-24(11-13-25)16-17-6-7-19-18(15-17)8-14-28-19/h6-7,15H,4-5,8-14,16H2,1-3H3,(H,23,27)/p+1. The summed E-state index contributed by atoms with van der Waals surface area (Å²) in [6.45, 7) is 11.3. The molecular formula is C22H34N3O4+. The minimum atomic E-state index is -0.504. The first kappa shape index (κ1) is 21.4. The van der Waals surface area contributed by atoms with Gasteiger partial charge in [0.05, 0.1) is 32.8 Å². The highest BCUT2D eigenvalue weighted by atomic mass is 16.6. The molecule has 2 heterocycles. The van der Waals surface area contributed by atoms with Crippen molar-refractivity contribution in [2.75, 3.05) is 39.3 Å². The Morgan fingerprint density at radius 1 is 1.24 bits per heavy atom. The molecule has 0 aliphatic carbocycles. The molecule has 0 atom stereocenters. The van der Waals surface area contributed by atoms with Crippen LogP contribution in [-0.4, -0.2) is 61.8 Å². The molecular weight excluding hydrogens is 370 g/mol. The van der Waals surface area contributed by atoms with Crippen molar-refractivity contribution in [1.29, 1.82) is 0 Å². The molecule has 2 aliphatic heterocycles. The summed E-state index contributed by atoms with van der Waals surface area (Å²) in [6.07, 6.45) is 1.65. The van der Waals surface area contributed by atoms with Crippen LogP contribution >= 0.6 is 0 Å². The Balaban J connectivity index is 1.33. The number of rotatable bonds is 6. The van der Waals surface area contributed by atoms with E-state index in [-0.39, 0.29) is 5.91 Å². The van der Waals surface area contributed by atoms with E-state index in [2.05, 4.69) is 23.5 Å². The number of hydrogen-bond acceptors (Lipinski definition) is 4. The molecule has 7 nitrogen and oxygen atoms in total. The summed E-state index contributed by atoms with van der Waals surface area (Å²) < 4.78 is 10.8. The average Bonchev–Trinajstić information content (AvgIpc) is 3.12. The number of amides is 2. The number of ether oxygens (including phenoxy) is 2. The third-order valence-electron chi connectivity index (χ3n) is 5.27. The van der Waals surface area contributed by atoms with Gasteiger partial charge in [0, 0.05) is 24.9 Å². The summed E-state index contributed by atoms with van der Waals surface area (Å²) in [7, 11) is 0. The highest BCUT2D eigenvalue weighted by Crippen LogP contribution is 2.25. The van der Waals surface area contributed by atoms with Crippen LogP contribution in [0.4, 0.5) is 4.79 Å². The molecule has 160 valence electrons. The molecule has 1 aromatic carbocycles.